The Hall–Kier alpha value is -3.37. The summed E-state index contributed by atoms with van der Waals surface area (Å²) in [7, 11) is 0. The number of hydrogen-bond donors (Lipinski definition) is 1. The van der Waals surface area contributed by atoms with Gasteiger partial charge in [-0.2, -0.15) is 5.10 Å². The number of benzene rings is 1. The van der Waals surface area contributed by atoms with Crippen molar-refractivity contribution in [1.29, 1.82) is 0 Å². The summed E-state index contributed by atoms with van der Waals surface area (Å²) in [6.07, 6.45) is 9.95. The first-order valence-electron chi connectivity index (χ1n) is 12.0. The molecule has 10 heteroatoms. The molecule has 0 amide bonds. The van der Waals surface area contributed by atoms with E-state index < -0.39 is 5.82 Å². The zero-order chi connectivity index (χ0) is 24.0. The van der Waals surface area contributed by atoms with Gasteiger partial charge in [-0.25, -0.2) is 19.0 Å². The van der Waals surface area contributed by atoms with E-state index in [2.05, 4.69) is 25.1 Å². The second kappa shape index (κ2) is 10.9. The van der Waals surface area contributed by atoms with Gasteiger partial charge in [-0.1, -0.05) is 23.4 Å². The Morgan fingerprint density at radius 1 is 1.14 bits per heavy atom. The average Bonchev–Trinajstić information content (AvgIpc) is 3.39. The van der Waals surface area contributed by atoms with E-state index in [4.69, 9.17) is 9.57 Å². The molecule has 1 N–H and O–H groups in total. The van der Waals surface area contributed by atoms with Crippen molar-refractivity contribution in [2.24, 2.45) is 5.16 Å². The SMILES string of the molecule is OCc1cccc(-c2cnc(N3CCC(=NOCc4ccn(C5CCCCO5)n4)CC3)nc2)c1F. The van der Waals surface area contributed by atoms with E-state index in [0.717, 1.165) is 63.2 Å². The van der Waals surface area contributed by atoms with Gasteiger partial charge < -0.3 is 19.6 Å². The van der Waals surface area contributed by atoms with Gasteiger partial charge in [-0.3, -0.25) is 0 Å². The van der Waals surface area contributed by atoms with Gasteiger partial charge in [0, 0.05) is 67.8 Å². The van der Waals surface area contributed by atoms with Crippen LogP contribution in [0.25, 0.3) is 11.1 Å². The zero-order valence-corrected chi connectivity index (χ0v) is 19.5. The van der Waals surface area contributed by atoms with Crippen molar-refractivity contribution in [2.45, 2.75) is 51.5 Å². The Balaban J connectivity index is 1.12. The van der Waals surface area contributed by atoms with E-state index >= 15 is 0 Å². The molecule has 184 valence electrons. The van der Waals surface area contributed by atoms with E-state index in [9.17, 15) is 9.50 Å². The van der Waals surface area contributed by atoms with Crippen LogP contribution in [0.15, 0.2) is 48.0 Å². The van der Waals surface area contributed by atoms with Gasteiger partial charge >= 0.3 is 0 Å². The first-order valence-corrected chi connectivity index (χ1v) is 12.0. The van der Waals surface area contributed by atoms with Crippen LogP contribution in [0.4, 0.5) is 10.3 Å². The van der Waals surface area contributed by atoms with Crippen LogP contribution < -0.4 is 4.90 Å². The van der Waals surface area contributed by atoms with Gasteiger partial charge in [-0.15, -0.1) is 0 Å². The van der Waals surface area contributed by atoms with Gasteiger partial charge in [0.15, 0.2) is 6.61 Å². The quantitative estimate of drug-likeness (QED) is 0.513. The van der Waals surface area contributed by atoms with Crippen molar-refractivity contribution >= 4 is 11.7 Å². The van der Waals surface area contributed by atoms with Crippen LogP contribution >= 0.6 is 0 Å². The number of aromatic nitrogens is 4. The maximum absolute atomic E-state index is 14.5. The van der Waals surface area contributed by atoms with E-state index in [1.807, 2.05) is 16.9 Å². The Morgan fingerprint density at radius 3 is 2.71 bits per heavy atom. The minimum absolute atomic E-state index is 0.0224. The number of nitrogens with zero attached hydrogens (tertiary/aromatic N) is 6. The molecule has 35 heavy (non-hydrogen) atoms. The molecule has 1 atom stereocenters. The summed E-state index contributed by atoms with van der Waals surface area (Å²) in [4.78, 5) is 16.5. The highest BCUT2D eigenvalue weighted by molar-refractivity contribution is 5.86. The van der Waals surface area contributed by atoms with Crippen LogP contribution in [-0.2, 0) is 22.8 Å². The normalized spacial score (nSPS) is 18.5. The van der Waals surface area contributed by atoms with Crippen LogP contribution in [0.3, 0.4) is 0 Å². The lowest BCUT2D eigenvalue weighted by atomic mass is 10.1. The highest BCUT2D eigenvalue weighted by Crippen LogP contribution is 2.25. The standard InChI is InChI=1S/C25H29FN6O3/c26-24-18(16-33)4-3-5-22(24)19-14-27-25(28-15-19)31-10-7-20(8-11-31)30-35-17-21-9-12-32(29-21)23-6-1-2-13-34-23/h3-5,9,12,14-15,23,33H,1-2,6-8,10-11,13,16-17H2. The Bertz CT molecular complexity index is 1150. The molecule has 2 fully saturated rings. The number of piperidine rings is 1. The van der Waals surface area contributed by atoms with E-state index in [0.29, 0.717) is 23.7 Å². The van der Waals surface area contributed by atoms with Crippen LogP contribution in [0, 0.1) is 5.82 Å². The zero-order valence-electron chi connectivity index (χ0n) is 19.5. The lowest BCUT2D eigenvalue weighted by Crippen LogP contribution is -2.35. The summed E-state index contributed by atoms with van der Waals surface area (Å²) in [5.74, 6) is 0.155. The van der Waals surface area contributed by atoms with Crippen molar-refractivity contribution in [3.05, 3.63) is 59.9 Å². The summed E-state index contributed by atoms with van der Waals surface area (Å²) in [5, 5.41) is 18.1. The van der Waals surface area contributed by atoms with Crippen LogP contribution in [0.5, 0.6) is 0 Å². The Morgan fingerprint density at radius 2 is 1.97 bits per heavy atom. The molecule has 0 spiro atoms. The third-order valence-electron chi connectivity index (χ3n) is 6.34. The van der Waals surface area contributed by atoms with Gasteiger partial charge in [0.2, 0.25) is 5.95 Å². The molecule has 0 bridgehead atoms. The number of aliphatic hydroxyl groups excluding tert-OH is 1. The summed E-state index contributed by atoms with van der Waals surface area (Å²) < 4.78 is 22.1. The first kappa shape index (κ1) is 23.4. The average molecular weight is 481 g/mol. The lowest BCUT2D eigenvalue weighted by molar-refractivity contribution is -0.0400. The smallest absolute Gasteiger partial charge is 0.225 e. The van der Waals surface area contributed by atoms with Crippen LogP contribution in [0.2, 0.25) is 0 Å². The molecule has 5 rings (SSSR count). The number of anilines is 1. The minimum atomic E-state index is -0.445. The molecule has 1 unspecified atom stereocenters. The van der Waals surface area contributed by atoms with Crippen molar-refractivity contribution in [3.8, 4) is 11.1 Å². The second-order valence-corrected chi connectivity index (χ2v) is 8.73. The van der Waals surface area contributed by atoms with Crippen molar-refractivity contribution in [3.63, 3.8) is 0 Å². The predicted molar refractivity (Wildman–Crippen MR) is 128 cm³/mol. The number of halogens is 1. The number of oxime groups is 1. The maximum Gasteiger partial charge on any atom is 0.225 e. The molecular weight excluding hydrogens is 451 g/mol. The third kappa shape index (κ3) is 5.49. The van der Waals surface area contributed by atoms with Gasteiger partial charge in [0.05, 0.1) is 12.3 Å². The first-order chi connectivity index (χ1) is 17.2. The van der Waals surface area contributed by atoms with Crippen molar-refractivity contribution in [1.82, 2.24) is 19.7 Å². The Labute approximate surface area is 203 Å². The van der Waals surface area contributed by atoms with E-state index in [1.165, 1.54) is 0 Å². The fourth-order valence-electron chi connectivity index (χ4n) is 4.34. The molecule has 9 nitrogen and oxygen atoms in total. The molecule has 0 saturated carbocycles. The molecule has 4 heterocycles. The molecule has 2 aliphatic rings. The van der Waals surface area contributed by atoms with Crippen molar-refractivity contribution in [2.75, 3.05) is 24.6 Å². The number of aliphatic hydroxyl groups is 1. The summed E-state index contributed by atoms with van der Waals surface area (Å²) in [6.45, 7) is 2.21. The largest absolute Gasteiger partial charge is 0.392 e. The topological polar surface area (TPSA) is 97.9 Å². The van der Waals surface area contributed by atoms with Gasteiger partial charge in [0.1, 0.15) is 17.7 Å². The summed E-state index contributed by atoms with van der Waals surface area (Å²) in [5.41, 5.74) is 3.03. The number of rotatable bonds is 7. The molecule has 2 aromatic heterocycles. The summed E-state index contributed by atoms with van der Waals surface area (Å²) in [6, 6.07) is 6.87. The molecule has 2 saturated heterocycles. The monoisotopic (exact) mass is 480 g/mol. The molecule has 1 aromatic carbocycles. The van der Waals surface area contributed by atoms with Crippen LogP contribution in [0.1, 0.15) is 49.6 Å². The van der Waals surface area contributed by atoms with Crippen molar-refractivity contribution < 1.29 is 19.1 Å². The van der Waals surface area contributed by atoms with Crippen LogP contribution in [-0.4, -0.2) is 50.3 Å². The highest BCUT2D eigenvalue weighted by atomic mass is 19.1. The molecule has 0 aliphatic carbocycles. The van der Waals surface area contributed by atoms with E-state index in [1.54, 1.807) is 30.6 Å². The van der Waals surface area contributed by atoms with E-state index in [-0.39, 0.29) is 18.4 Å². The molecular formula is C25H29FN6O3. The van der Waals surface area contributed by atoms with Gasteiger partial charge in [-0.05, 0) is 25.3 Å². The second-order valence-electron chi connectivity index (χ2n) is 8.73. The number of hydrogen-bond acceptors (Lipinski definition) is 8. The summed E-state index contributed by atoms with van der Waals surface area (Å²) >= 11 is 0. The minimum Gasteiger partial charge on any atom is -0.392 e. The molecule has 3 aromatic rings. The molecule has 2 aliphatic heterocycles. The lowest BCUT2D eigenvalue weighted by Gasteiger charge is -2.27. The fourth-order valence-corrected chi connectivity index (χ4v) is 4.34. The maximum atomic E-state index is 14.5. The Kier molecular flexibility index (Phi) is 7.29. The third-order valence-corrected chi connectivity index (χ3v) is 6.34. The molecule has 0 radical (unpaired) electrons. The highest BCUT2D eigenvalue weighted by Gasteiger charge is 2.19. The van der Waals surface area contributed by atoms with Gasteiger partial charge in [0.25, 0.3) is 0 Å². The number of ether oxygens (including phenoxy) is 1. The fraction of sp³-hybridized carbons (Fsp3) is 0.440. The predicted octanol–water partition coefficient (Wildman–Crippen LogP) is 3.84.